The summed E-state index contributed by atoms with van der Waals surface area (Å²) in [6, 6.07) is 12.5. The molecule has 0 spiro atoms. The number of benzene rings is 1. The second-order valence-corrected chi connectivity index (χ2v) is 7.61. The Morgan fingerprint density at radius 3 is 2.66 bits per heavy atom. The van der Waals surface area contributed by atoms with Gasteiger partial charge < -0.3 is 19.2 Å². The van der Waals surface area contributed by atoms with Gasteiger partial charge in [-0.3, -0.25) is 9.59 Å². The van der Waals surface area contributed by atoms with Crippen LogP contribution in [0.4, 0.5) is 0 Å². The molecule has 2 unspecified atom stereocenters. The minimum absolute atomic E-state index is 0.0934. The Hall–Kier alpha value is -2.86. The number of amides is 1. The summed E-state index contributed by atoms with van der Waals surface area (Å²) in [5.41, 5.74) is 1.16. The van der Waals surface area contributed by atoms with Gasteiger partial charge in [-0.1, -0.05) is 30.3 Å². The van der Waals surface area contributed by atoms with Gasteiger partial charge in [0.05, 0.1) is 11.7 Å². The fourth-order valence-electron chi connectivity index (χ4n) is 4.07. The van der Waals surface area contributed by atoms with Crippen LogP contribution in [0.1, 0.15) is 42.4 Å². The van der Waals surface area contributed by atoms with Crippen molar-refractivity contribution in [3.63, 3.8) is 0 Å². The van der Waals surface area contributed by atoms with Crippen LogP contribution < -0.4 is 0 Å². The van der Waals surface area contributed by atoms with Gasteiger partial charge in [-0.2, -0.15) is 0 Å². The van der Waals surface area contributed by atoms with Crippen LogP contribution in [0, 0.1) is 6.92 Å². The molecular weight excluding hydrogens is 370 g/mol. The van der Waals surface area contributed by atoms with Crippen molar-refractivity contribution in [3.05, 3.63) is 70.9 Å². The average Bonchev–Trinajstić information content (AvgIpc) is 3.44. The van der Waals surface area contributed by atoms with Crippen molar-refractivity contribution in [3.8, 4) is 0 Å². The van der Waals surface area contributed by atoms with E-state index >= 15 is 0 Å². The van der Waals surface area contributed by atoms with E-state index in [4.69, 9.17) is 9.15 Å². The van der Waals surface area contributed by atoms with E-state index in [0.717, 1.165) is 18.4 Å². The third-order valence-corrected chi connectivity index (χ3v) is 5.54. The van der Waals surface area contributed by atoms with Gasteiger partial charge >= 0.3 is 0 Å². The van der Waals surface area contributed by atoms with E-state index in [1.165, 1.54) is 4.90 Å². The molecule has 6 nitrogen and oxygen atoms in total. The molecule has 29 heavy (non-hydrogen) atoms. The fourth-order valence-corrected chi connectivity index (χ4v) is 4.07. The Morgan fingerprint density at radius 1 is 1.21 bits per heavy atom. The maximum Gasteiger partial charge on any atom is 0.290 e. The molecule has 1 aromatic heterocycles. The van der Waals surface area contributed by atoms with E-state index in [1.54, 1.807) is 12.1 Å². The van der Waals surface area contributed by atoms with E-state index in [1.807, 2.05) is 37.3 Å². The normalized spacial score (nSPS) is 22.0. The molecule has 2 aliphatic rings. The summed E-state index contributed by atoms with van der Waals surface area (Å²) in [7, 11) is 0. The van der Waals surface area contributed by atoms with E-state index in [0.29, 0.717) is 31.1 Å². The van der Waals surface area contributed by atoms with Gasteiger partial charge in [-0.25, -0.2) is 0 Å². The standard InChI is InChI=1S/C23H25NO5/c1-15-9-12-19(29-15)21-20(18(25)11-10-16-6-3-2-4-7-16)22(26)23(27)24(21)14-17-8-5-13-28-17/h2-4,6-7,9,12,17,21,26H,5,8,10-11,13-14H2,1H3. The van der Waals surface area contributed by atoms with Crippen LogP contribution in [-0.4, -0.2) is 41.0 Å². The molecule has 3 heterocycles. The largest absolute Gasteiger partial charge is 0.503 e. The number of hydrogen-bond donors (Lipinski definition) is 1. The van der Waals surface area contributed by atoms with E-state index in [2.05, 4.69) is 0 Å². The molecule has 2 aliphatic heterocycles. The highest BCUT2D eigenvalue weighted by Gasteiger charge is 2.45. The first-order valence-electron chi connectivity index (χ1n) is 10.0. The molecule has 4 rings (SSSR count). The Labute approximate surface area is 169 Å². The van der Waals surface area contributed by atoms with E-state index in [9.17, 15) is 14.7 Å². The SMILES string of the molecule is Cc1ccc(C2C(C(=O)CCc3ccccc3)=C(O)C(=O)N2CC2CCCO2)o1. The predicted octanol–water partition coefficient (Wildman–Crippen LogP) is 3.66. The number of aliphatic hydroxyl groups excluding tert-OH is 1. The summed E-state index contributed by atoms with van der Waals surface area (Å²) in [4.78, 5) is 27.4. The zero-order valence-corrected chi connectivity index (χ0v) is 16.5. The van der Waals surface area contributed by atoms with Gasteiger partial charge in [0.25, 0.3) is 5.91 Å². The number of furan rings is 1. The lowest BCUT2D eigenvalue weighted by Gasteiger charge is -2.27. The molecule has 2 atom stereocenters. The smallest absolute Gasteiger partial charge is 0.290 e. The minimum Gasteiger partial charge on any atom is -0.503 e. The van der Waals surface area contributed by atoms with Crippen molar-refractivity contribution in [2.75, 3.05) is 13.2 Å². The van der Waals surface area contributed by atoms with Crippen LogP contribution in [0.15, 0.2) is 58.2 Å². The quantitative estimate of drug-likeness (QED) is 0.774. The molecular formula is C23H25NO5. The first-order chi connectivity index (χ1) is 14.0. The van der Waals surface area contributed by atoms with Crippen LogP contribution in [0.3, 0.4) is 0 Å². The van der Waals surface area contributed by atoms with Gasteiger partial charge in [0.1, 0.15) is 17.6 Å². The van der Waals surface area contributed by atoms with E-state index in [-0.39, 0.29) is 23.9 Å². The highest BCUT2D eigenvalue weighted by molar-refractivity contribution is 6.08. The molecule has 0 bridgehead atoms. The Bertz CT molecular complexity index is 924. The number of hydrogen-bond acceptors (Lipinski definition) is 5. The zero-order chi connectivity index (χ0) is 20.4. The molecule has 6 heteroatoms. The third-order valence-electron chi connectivity index (χ3n) is 5.54. The number of ether oxygens (including phenoxy) is 1. The second-order valence-electron chi connectivity index (χ2n) is 7.61. The van der Waals surface area contributed by atoms with Crippen molar-refractivity contribution in [1.82, 2.24) is 4.90 Å². The fraction of sp³-hybridized carbons (Fsp3) is 0.391. The lowest BCUT2D eigenvalue weighted by molar-refractivity contribution is -0.131. The summed E-state index contributed by atoms with van der Waals surface area (Å²) in [5.74, 6) is -0.0794. The van der Waals surface area contributed by atoms with Gasteiger partial charge in [0.2, 0.25) is 0 Å². The molecule has 1 amide bonds. The van der Waals surface area contributed by atoms with Gasteiger partial charge in [0.15, 0.2) is 11.5 Å². The van der Waals surface area contributed by atoms with Crippen molar-refractivity contribution < 1.29 is 23.8 Å². The van der Waals surface area contributed by atoms with E-state index < -0.39 is 17.7 Å². The van der Waals surface area contributed by atoms with Crippen molar-refractivity contribution in [1.29, 1.82) is 0 Å². The van der Waals surface area contributed by atoms with Crippen LogP contribution in [-0.2, 0) is 20.7 Å². The lowest BCUT2D eigenvalue weighted by Crippen LogP contribution is -2.37. The molecule has 2 aromatic rings. The molecule has 0 aliphatic carbocycles. The second kappa shape index (κ2) is 8.25. The van der Waals surface area contributed by atoms with Crippen LogP contribution in [0.25, 0.3) is 0 Å². The topological polar surface area (TPSA) is 80.0 Å². The minimum atomic E-state index is -0.719. The summed E-state index contributed by atoms with van der Waals surface area (Å²) in [6.07, 6.45) is 2.45. The number of ketones is 1. The Balaban J connectivity index is 1.60. The molecule has 0 saturated carbocycles. The molecule has 1 saturated heterocycles. The summed E-state index contributed by atoms with van der Waals surface area (Å²) >= 11 is 0. The number of nitrogens with zero attached hydrogens (tertiary/aromatic N) is 1. The predicted molar refractivity (Wildman–Crippen MR) is 106 cm³/mol. The summed E-state index contributed by atoms with van der Waals surface area (Å²) in [5, 5.41) is 10.6. The van der Waals surface area contributed by atoms with Crippen molar-refractivity contribution in [2.24, 2.45) is 0 Å². The molecule has 0 radical (unpaired) electrons. The van der Waals surface area contributed by atoms with Crippen molar-refractivity contribution in [2.45, 2.75) is 44.8 Å². The van der Waals surface area contributed by atoms with Crippen molar-refractivity contribution >= 4 is 11.7 Å². The van der Waals surface area contributed by atoms with Crippen LogP contribution in [0.2, 0.25) is 0 Å². The highest BCUT2D eigenvalue weighted by atomic mass is 16.5. The van der Waals surface area contributed by atoms with Gasteiger partial charge in [-0.05, 0) is 43.9 Å². The monoisotopic (exact) mass is 395 g/mol. The van der Waals surface area contributed by atoms with Crippen LogP contribution >= 0.6 is 0 Å². The summed E-state index contributed by atoms with van der Waals surface area (Å²) in [6.45, 7) is 2.80. The number of carbonyl (C=O) groups excluding carboxylic acids is 2. The lowest BCUT2D eigenvalue weighted by atomic mass is 9.96. The molecule has 1 fully saturated rings. The molecule has 1 aromatic carbocycles. The molecule has 152 valence electrons. The first-order valence-corrected chi connectivity index (χ1v) is 10.0. The maximum absolute atomic E-state index is 13.1. The highest BCUT2D eigenvalue weighted by Crippen LogP contribution is 2.39. The van der Waals surface area contributed by atoms with Gasteiger partial charge in [0, 0.05) is 19.6 Å². The Kier molecular flexibility index (Phi) is 5.53. The molecule has 1 N–H and O–H groups in total. The van der Waals surface area contributed by atoms with Crippen LogP contribution in [0.5, 0.6) is 0 Å². The third kappa shape index (κ3) is 3.98. The van der Waals surface area contributed by atoms with Gasteiger partial charge in [-0.15, -0.1) is 0 Å². The summed E-state index contributed by atoms with van der Waals surface area (Å²) < 4.78 is 11.4. The number of rotatable bonds is 7. The number of aliphatic hydroxyl groups is 1. The average molecular weight is 395 g/mol. The first kappa shape index (κ1) is 19.5. The zero-order valence-electron chi connectivity index (χ0n) is 16.5. The Morgan fingerprint density at radius 2 is 2.00 bits per heavy atom. The number of aryl methyl sites for hydroxylation is 2. The number of Topliss-reactive ketones (excluding diaryl/α,β-unsaturated/α-hetero) is 1. The maximum atomic E-state index is 13.1. The number of carbonyl (C=O) groups is 2.